The molecule has 0 spiro atoms. The number of carbonyl (C=O) groups is 1. The van der Waals surface area contributed by atoms with Gasteiger partial charge < -0.3 is 19.9 Å². The second kappa shape index (κ2) is 8.50. The van der Waals surface area contributed by atoms with Crippen LogP contribution >= 0.6 is 0 Å². The van der Waals surface area contributed by atoms with Crippen LogP contribution in [-0.4, -0.2) is 36.9 Å². The van der Waals surface area contributed by atoms with Crippen LogP contribution < -0.4 is 10.1 Å². The van der Waals surface area contributed by atoms with Crippen LogP contribution in [0.5, 0.6) is 5.75 Å². The van der Waals surface area contributed by atoms with Crippen molar-refractivity contribution >= 4 is 5.97 Å². The number of carbonyl (C=O) groups excluding carboxylic acids is 1. The zero-order valence-electron chi connectivity index (χ0n) is 11.4. The van der Waals surface area contributed by atoms with Gasteiger partial charge in [-0.3, -0.25) is 4.79 Å². The van der Waals surface area contributed by atoms with Crippen LogP contribution in [0.2, 0.25) is 0 Å². The summed E-state index contributed by atoms with van der Waals surface area (Å²) in [6, 6.07) is 6.62. The van der Waals surface area contributed by atoms with Crippen molar-refractivity contribution in [2.45, 2.75) is 26.5 Å². The summed E-state index contributed by atoms with van der Waals surface area (Å²) in [5.41, 5.74) is 0.820. The Kier molecular flexibility index (Phi) is 6.92. The van der Waals surface area contributed by atoms with Crippen molar-refractivity contribution in [3.05, 3.63) is 29.8 Å². The molecule has 106 valence electrons. The van der Waals surface area contributed by atoms with Crippen molar-refractivity contribution in [2.24, 2.45) is 0 Å². The predicted molar refractivity (Wildman–Crippen MR) is 72.0 cm³/mol. The quantitative estimate of drug-likeness (QED) is 0.690. The molecule has 5 heteroatoms. The minimum atomic E-state index is -0.470. The van der Waals surface area contributed by atoms with E-state index in [-0.39, 0.29) is 19.2 Å². The van der Waals surface area contributed by atoms with E-state index in [2.05, 4.69) is 5.32 Å². The van der Waals surface area contributed by atoms with Gasteiger partial charge >= 0.3 is 5.97 Å². The molecule has 2 N–H and O–H groups in total. The van der Waals surface area contributed by atoms with Crippen molar-refractivity contribution in [1.82, 2.24) is 5.32 Å². The Hall–Kier alpha value is -1.59. The van der Waals surface area contributed by atoms with Crippen LogP contribution in [0, 0.1) is 0 Å². The molecular weight excluding hydrogens is 246 g/mol. The maximum atomic E-state index is 11.7. The zero-order valence-corrected chi connectivity index (χ0v) is 11.4. The minimum absolute atomic E-state index is 0.00310. The largest absolute Gasteiger partial charge is 0.491 e. The van der Waals surface area contributed by atoms with Crippen LogP contribution in [0.3, 0.4) is 0 Å². The molecule has 0 aliphatic heterocycles. The fourth-order valence-corrected chi connectivity index (χ4v) is 1.57. The summed E-state index contributed by atoms with van der Waals surface area (Å²) < 4.78 is 10.5. The lowest BCUT2D eigenvalue weighted by Gasteiger charge is -2.17. The van der Waals surface area contributed by atoms with E-state index < -0.39 is 6.04 Å². The van der Waals surface area contributed by atoms with E-state index in [0.717, 1.165) is 5.56 Å². The summed E-state index contributed by atoms with van der Waals surface area (Å²) in [7, 11) is 0. The summed E-state index contributed by atoms with van der Waals surface area (Å²) >= 11 is 0. The monoisotopic (exact) mass is 267 g/mol. The van der Waals surface area contributed by atoms with Gasteiger partial charge in [0.1, 0.15) is 18.4 Å². The molecule has 0 amide bonds. The number of ether oxygens (including phenoxy) is 2. The normalized spacial score (nSPS) is 11.9. The highest BCUT2D eigenvalue weighted by atomic mass is 16.5. The Labute approximate surface area is 113 Å². The van der Waals surface area contributed by atoms with E-state index in [4.69, 9.17) is 14.6 Å². The lowest BCUT2D eigenvalue weighted by atomic mass is 10.2. The molecule has 19 heavy (non-hydrogen) atoms. The molecule has 0 saturated carbocycles. The molecule has 0 aliphatic carbocycles. The number of aliphatic hydroxyl groups excluding tert-OH is 1. The molecule has 5 nitrogen and oxygen atoms in total. The number of nitrogens with one attached hydrogen (secondary N) is 1. The van der Waals surface area contributed by atoms with Gasteiger partial charge in [-0.25, -0.2) is 0 Å². The molecular formula is C14H21NO4. The Bertz CT molecular complexity index is 378. The molecule has 0 aromatic heterocycles. The van der Waals surface area contributed by atoms with Gasteiger partial charge in [-0.2, -0.15) is 0 Å². The third kappa shape index (κ3) is 5.28. The van der Waals surface area contributed by atoms with Gasteiger partial charge in [-0.15, -0.1) is 0 Å². The van der Waals surface area contributed by atoms with Crippen molar-refractivity contribution < 1.29 is 19.4 Å². The molecule has 1 unspecified atom stereocenters. The summed E-state index contributed by atoms with van der Waals surface area (Å²) in [5, 5.41) is 12.0. The van der Waals surface area contributed by atoms with Gasteiger partial charge in [0.15, 0.2) is 0 Å². The Morgan fingerprint density at radius 1 is 1.32 bits per heavy atom. The standard InChI is InChI=1S/C14H21NO4/c1-3-15-13(14(17)18-4-2)10-19-12-7-5-11(9-16)6-8-12/h5-8,13,15-16H,3-4,9-10H2,1-2H3. The summed E-state index contributed by atoms with van der Waals surface area (Å²) in [6.45, 7) is 4.92. The molecule has 1 rings (SSSR count). The van der Waals surface area contributed by atoms with Crippen LogP contribution in [0.4, 0.5) is 0 Å². The number of benzene rings is 1. The van der Waals surface area contributed by atoms with Gasteiger partial charge in [-0.05, 0) is 31.2 Å². The molecule has 0 radical (unpaired) electrons. The average Bonchev–Trinajstić information content (AvgIpc) is 2.44. The molecule has 1 aromatic carbocycles. The predicted octanol–water partition coefficient (Wildman–Crippen LogP) is 1.10. The van der Waals surface area contributed by atoms with Crippen molar-refractivity contribution in [3.63, 3.8) is 0 Å². The summed E-state index contributed by atoms with van der Waals surface area (Å²) in [6.07, 6.45) is 0. The lowest BCUT2D eigenvalue weighted by molar-refractivity contribution is -0.146. The van der Waals surface area contributed by atoms with E-state index in [0.29, 0.717) is 18.9 Å². The van der Waals surface area contributed by atoms with E-state index >= 15 is 0 Å². The third-order valence-electron chi connectivity index (χ3n) is 2.54. The maximum absolute atomic E-state index is 11.7. The second-order valence-corrected chi connectivity index (χ2v) is 3.98. The molecule has 0 bridgehead atoms. The summed E-state index contributed by atoms with van der Waals surface area (Å²) in [4.78, 5) is 11.7. The van der Waals surface area contributed by atoms with Gasteiger partial charge in [0.05, 0.1) is 13.2 Å². The smallest absolute Gasteiger partial charge is 0.326 e. The second-order valence-electron chi connectivity index (χ2n) is 3.98. The third-order valence-corrected chi connectivity index (χ3v) is 2.54. The topological polar surface area (TPSA) is 67.8 Å². The molecule has 0 saturated heterocycles. The van der Waals surface area contributed by atoms with Gasteiger partial charge in [-0.1, -0.05) is 19.1 Å². The number of rotatable bonds is 8. The first kappa shape index (κ1) is 15.5. The number of hydrogen-bond acceptors (Lipinski definition) is 5. The first-order valence-electron chi connectivity index (χ1n) is 6.43. The van der Waals surface area contributed by atoms with E-state index in [1.165, 1.54) is 0 Å². The Morgan fingerprint density at radius 2 is 2.00 bits per heavy atom. The Morgan fingerprint density at radius 3 is 2.53 bits per heavy atom. The van der Waals surface area contributed by atoms with E-state index in [1.807, 2.05) is 6.92 Å². The van der Waals surface area contributed by atoms with Gasteiger partial charge in [0, 0.05) is 0 Å². The Balaban J connectivity index is 2.52. The van der Waals surface area contributed by atoms with Crippen molar-refractivity contribution in [1.29, 1.82) is 0 Å². The molecule has 1 atom stereocenters. The highest BCUT2D eigenvalue weighted by Gasteiger charge is 2.19. The van der Waals surface area contributed by atoms with Crippen LogP contribution in [0.25, 0.3) is 0 Å². The number of esters is 1. The highest BCUT2D eigenvalue weighted by Crippen LogP contribution is 2.12. The summed E-state index contributed by atoms with van der Waals surface area (Å²) in [5.74, 6) is 0.348. The SMILES string of the molecule is CCNC(COc1ccc(CO)cc1)C(=O)OCC. The molecule has 0 fully saturated rings. The van der Waals surface area contributed by atoms with Crippen LogP contribution in [-0.2, 0) is 16.1 Å². The first-order valence-corrected chi connectivity index (χ1v) is 6.43. The zero-order chi connectivity index (χ0) is 14.1. The highest BCUT2D eigenvalue weighted by molar-refractivity contribution is 5.76. The average molecular weight is 267 g/mol. The van der Waals surface area contributed by atoms with E-state index in [9.17, 15) is 4.79 Å². The minimum Gasteiger partial charge on any atom is -0.491 e. The van der Waals surface area contributed by atoms with Crippen molar-refractivity contribution in [3.8, 4) is 5.75 Å². The number of hydrogen-bond donors (Lipinski definition) is 2. The molecule has 1 aromatic rings. The molecule has 0 heterocycles. The van der Waals surface area contributed by atoms with Gasteiger partial charge in [0.25, 0.3) is 0 Å². The van der Waals surface area contributed by atoms with Crippen molar-refractivity contribution in [2.75, 3.05) is 19.8 Å². The van der Waals surface area contributed by atoms with Gasteiger partial charge in [0.2, 0.25) is 0 Å². The van der Waals surface area contributed by atoms with Crippen LogP contribution in [0.1, 0.15) is 19.4 Å². The fraction of sp³-hybridized carbons (Fsp3) is 0.500. The maximum Gasteiger partial charge on any atom is 0.326 e. The lowest BCUT2D eigenvalue weighted by Crippen LogP contribution is -2.42. The van der Waals surface area contributed by atoms with E-state index in [1.54, 1.807) is 31.2 Å². The number of aliphatic hydroxyl groups is 1. The molecule has 0 aliphatic rings. The fourth-order valence-electron chi connectivity index (χ4n) is 1.57. The first-order chi connectivity index (χ1) is 9.21. The number of likely N-dealkylation sites (N-methyl/N-ethyl adjacent to an activating group) is 1. The van der Waals surface area contributed by atoms with Crippen LogP contribution in [0.15, 0.2) is 24.3 Å².